The number of nitrogens with one attached hydrogen (secondary N) is 1. The van der Waals surface area contributed by atoms with E-state index < -0.39 is 6.04 Å². The monoisotopic (exact) mass is 387 g/mol. The van der Waals surface area contributed by atoms with Gasteiger partial charge < -0.3 is 15.1 Å². The molecule has 0 spiro atoms. The van der Waals surface area contributed by atoms with Crippen LogP contribution in [-0.4, -0.2) is 83.9 Å². The highest BCUT2D eigenvalue weighted by Crippen LogP contribution is 2.14. The topological polar surface area (TPSA) is 68.8 Å². The molecule has 1 atom stereocenters. The fourth-order valence-corrected chi connectivity index (χ4v) is 3.97. The number of carbonyl (C=O) groups is 2. The number of piperazine rings is 1. The van der Waals surface area contributed by atoms with Gasteiger partial charge in [0.2, 0.25) is 11.8 Å². The summed E-state index contributed by atoms with van der Waals surface area (Å²) in [5.41, 5.74) is 0.921. The SMILES string of the molecule is CN(CCN1CCCCCC1)C(=O)C[C@@H]1C(=O)NCCN1Cc1ccccn1. The van der Waals surface area contributed by atoms with Crippen molar-refractivity contribution in [1.29, 1.82) is 0 Å². The molecule has 1 aromatic rings. The van der Waals surface area contributed by atoms with Crippen molar-refractivity contribution in [2.75, 3.05) is 46.3 Å². The zero-order chi connectivity index (χ0) is 19.8. The van der Waals surface area contributed by atoms with E-state index in [-0.39, 0.29) is 18.2 Å². The molecule has 154 valence electrons. The second-order valence-electron chi connectivity index (χ2n) is 7.87. The molecule has 7 nitrogen and oxygen atoms in total. The molecule has 0 bridgehead atoms. The van der Waals surface area contributed by atoms with Crippen molar-refractivity contribution in [3.8, 4) is 0 Å². The summed E-state index contributed by atoms with van der Waals surface area (Å²) in [6.45, 7) is 5.82. The Bertz CT molecular complexity index is 631. The molecule has 2 amide bonds. The lowest BCUT2D eigenvalue weighted by atomic mass is 10.1. The molecule has 2 fully saturated rings. The van der Waals surface area contributed by atoms with Crippen molar-refractivity contribution in [1.82, 2.24) is 25.0 Å². The highest BCUT2D eigenvalue weighted by Gasteiger charge is 2.32. The molecule has 0 saturated carbocycles. The molecule has 3 rings (SSSR count). The van der Waals surface area contributed by atoms with Crippen molar-refractivity contribution in [3.63, 3.8) is 0 Å². The summed E-state index contributed by atoms with van der Waals surface area (Å²) in [7, 11) is 1.85. The van der Waals surface area contributed by atoms with Crippen LogP contribution in [0, 0.1) is 0 Å². The number of likely N-dealkylation sites (N-methyl/N-ethyl adjacent to an activating group) is 1. The normalized spacial score (nSPS) is 21.8. The Balaban J connectivity index is 1.52. The summed E-state index contributed by atoms with van der Waals surface area (Å²) < 4.78 is 0. The first-order valence-corrected chi connectivity index (χ1v) is 10.5. The second kappa shape index (κ2) is 10.5. The number of rotatable bonds is 7. The Morgan fingerprint density at radius 1 is 1.21 bits per heavy atom. The van der Waals surface area contributed by atoms with Gasteiger partial charge in [-0.05, 0) is 38.1 Å². The molecule has 1 aromatic heterocycles. The molecule has 0 aromatic carbocycles. The maximum Gasteiger partial charge on any atom is 0.237 e. The minimum Gasteiger partial charge on any atom is -0.353 e. The third-order valence-electron chi connectivity index (χ3n) is 5.78. The van der Waals surface area contributed by atoms with Gasteiger partial charge in [-0.25, -0.2) is 0 Å². The molecule has 2 aliphatic rings. The van der Waals surface area contributed by atoms with Gasteiger partial charge in [0.25, 0.3) is 0 Å². The van der Waals surface area contributed by atoms with Crippen LogP contribution < -0.4 is 5.32 Å². The van der Waals surface area contributed by atoms with Gasteiger partial charge >= 0.3 is 0 Å². The average molecular weight is 388 g/mol. The van der Waals surface area contributed by atoms with Gasteiger partial charge in [-0.15, -0.1) is 0 Å². The van der Waals surface area contributed by atoms with Crippen molar-refractivity contribution in [2.45, 2.75) is 44.7 Å². The fourth-order valence-electron chi connectivity index (χ4n) is 3.97. The Labute approximate surface area is 168 Å². The standard InChI is InChI=1S/C21H33N5O2/c1-24(14-15-25-11-6-2-3-7-12-25)20(27)16-19-21(28)23-10-13-26(19)17-18-8-4-5-9-22-18/h4-5,8-9,19H,2-3,6-7,10-17H2,1H3,(H,23,28)/t19-/m1/s1. The lowest BCUT2D eigenvalue weighted by molar-refractivity contribution is -0.138. The number of hydrogen-bond donors (Lipinski definition) is 1. The van der Waals surface area contributed by atoms with Gasteiger partial charge in [0.15, 0.2) is 0 Å². The summed E-state index contributed by atoms with van der Waals surface area (Å²) in [5, 5.41) is 2.90. The quantitative estimate of drug-likeness (QED) is 0.759. The van der Waals surface area contributed by atoms with Gasteiger partial charge in [0, 0.05) is 46.0 Å². The fraction of sp³-hybridized carbons (Fsp3) is 0.667. The van der Waals surface area contributed by atoms with Crippen LogP contribution >= 0.6 is 0 Å². The predicted molar refractivity (Wildman–Crippen MR) is 109 cm³/mol. The van der Waals surface area contributed by atoms with E-state index >= 15 is 0 Å². The second-order valence-corrected chi connectivity index (χ2v) is 7.87. The Morgan fingerprint density at radius 2 is 2.00 bits per heavy atom. The number of pyridine rings is 1. The van der Waals surface area contributed by atoms with Crippen LogP contribution in [0.3, 0.4) is 0 Å². The van der Waals surface area contributed by atoms with E-state index in [1.807, 2.05) is 25.2 Å². The summed E-state index contributed by atoms with van der Waals surface area (Å²) >= 11 is 0. The van der Waals surface area contributed by atoms with Crippen LogP contribution in [0.2, 0.25) is 0 Å². The third kappa shape index (κ3) is 6.01. The largest absolute Gasteiger partial charge is 0.353 e. The van der Waals surface area contributed by atoms with Crippen LogP contribution in [0.5, 0.6) is 0 Å². The first-order chi connectivity index (χ1) is 13.6. The molecule has 0 aliphatic carbocycles. The molecule has 1 N–H and O–H groups in total. The van der Waals surface area contributed by atoms with E-state index in [0.29, 0.717) is 19.6 Å². The maximum atomic E-state index is 12.8. The van der Waals surface area contributed by atoms with E-state index in [0.717, 1.165) is 31.9 Å². The van der Waals surface area contributed by atoms with Crippen LogP contribution in [0.1, 0.15) is 37.8 Å². The summed E-state index contributed by atoms with van der Waals surface area (Å²) in [4.78, 5) is 35.9. The molecular formula is C21H33N5O2. The molecule has 3 heterocycles. The molecular weight excluding hydrogens is 354 g/mol. The van der Waals surface area contributed by atoms with Crippen LogP contribution in [0.25, 0.3) is 0 Å². The van der Waals surface area contributed by atoms with Gasteiger partial charge in [0.05, 0.1) is 18.2 Å². The van der Waals surface area contributed by atoms with E-state index in [9.17, 15) is 9.59 Å². The number of carbonyl (C=O) groups excluding carboxylic acids is 2. The highest BCUT2D eigenvalue weighted by molar-refractivity contribution is 5.88. The smallest absolute Gasteiger partial charge is 0.237 e. The molecule has 2 saturated heterocycles. The van der Waals surface area contributed by atoms with Crippen LogP contribution in [-0.2, 0) is 16.1 Å². The van der Waals surface area contributed by atoms with Crippen LogP contribution in [0.15, 0.2) is 24.4 Å². The Kier molecular flexibility index (Phi) is 7.80. The number of hydrogen-bond acceptors (Lipinski definition) is 5. The molecule has 7 heteroatoms. The Hall–Kier alpha value is -1.99. The number of likely N-dealkylation sites (tertiary alicyclic amines) is 1. The lowest BCUT2D eigenvalue weighted by Gasteiger charge is -2.35. The Morgan fingerprint density at radius 3 is 2.71 bits per heavy atom. The number of aromatic nitrogens is 1. The van der Waals surface area contributed by atoms with Crippen LogP contribution in [0.4, 0.5) is 0 Å². The number of nitrogens with zero attached hydrogens (tertiary/aromatic N) is 4. The van der Waals surface area contributed by atoms with Gasteiger partial charge in [-0.2, -0.15) is 0 Å². The van der Waals surface area contributed by atoms with Crippen molar-refractivity contribution in [2.24, 2.45) is 0 Å². The summed E-state index contributed by atoms with van der Waals surface area (Å²) in [6, 6.07) is 5.36. The lowest BCUT2D eigenvalue weighted by Crippen LogP contribution is -2.56. The van der Waals surface area contributed by atoms with Gasteiger partial charge in [-0.3, -0.25) is 19.5 Å². The van der Waals surface area contributed by atoms with E-state index in [1.165, 1.54) is 25.7 Å². The zero-order valence-corrected chi connectivity index (χ0v) is 17.0. The highest BCUT2D eigenvalue weighted by atomic mass is 16.2. The third-order valence-corrected chi connectivity index (χ3v) is 5.78. The maximum absolute atomic E-state index is 12.8. The summed E-state index contributed by atoms with van der Waals surface area (Å²) in [6.07, 6.45) is 7.11. The van der Waals surface area contributed by atoms with E-state index in [2.05, 4.69) is 20.1 Å². The molecule has 2 aliphatic heterocycles. The minimum atomic E-state index is -0.427. The van der Waals surface area contributed by atoms with Gasteiger partial charge in [-0.1, -0.05) is 18.9 Å². The predicted octanol–water partition coefficient (Wildman–Crippen LogP) is 1.11. The van der Waals surface area contributed by atoms with E-state index in [4.69, 9.17) is 0 Å². The molecule has 0 radical (unpaired) electrons. The minimum absolute atomic E-state index is 0.0305. The van der Waals surface area contributed by atoms with Crippen molar-refractivity contribution >= 4 is 11.8 Å². The molecule has 0 unspecified atom stereocenters. The van der Waals surface area contributed by atoms with Gasteiger partial charge in [0.1, 0.15) is 0 Å². The van der Waals surface area contributed by atoms with Crippen molar-refractivity contribution < 1.29 is 9.59 Å². The first-order valence-electron chi connectivity index (χ1n) is 10.5. The van der Waals surface area contributed by atoms with E-state index in [1.54, 1.807) is 11.1 Å². The summed E-state index contributed by atoms with van der Waals surface area (Å²) in [5.74, 6) is -0.0284. The molecule has 28 heavy (non-hydrogen) atoms. The van der Waals surface area contributed by atoms with Crippen molar-refractivity contribution in [3.05, 3.63) is 30.1 Å². The first kappa shape index (κ1) is 20.7. The average Bonchev–Trinajstić information content (AvgIpc) is 2.98. The zero-order valence-electron chi connectivity index (χ0n) is 17.0. The number of amides is 2.